The van der Waals surface area contributed by atoms with Crippen molar-refractivity contribution in [2.45, 2.75) is 27.3 Å². The van der Waals surface area contributed by atoms with Crippen LogP contribution in [0.2, 0.25) is 0 Å². The zero-order valence-corrected chi connectivity index (χ0v) is 11.8. The molecule has 2 aromatic rings. The molecule has 2 rings (SSSR count). The van der Waals surface area contributed by atoms with E-state index in [9.17, 15) is 9.59 Å². The Kier molecular flexibility index (Phi) is 3.98. The number of rotatable bonds is 3. The number of nitrogens with zero attached hydrogens (tertiary/aromatic N) is 1. The topological polar surface area (TPSA) is 74.8 Å². The molecular formula is C15H17N3O2. The van der Waals surface area contributed by atoms with Crippen LogP contribution in [0.15, 0.2) is 29.1 Å². The van der Waals surface area contributed by atoms with Crippen molar-refractivity contribution in [3.05, 3.63) is 62.6 Å². The molecule has 0 fully saturated rings. The quantitative estimate of drug-likeness (QED) is 0.891. The van der Waals surface area contributed by atoms with E-state index in [2.05, 4.69) is 27.6 Å². The van der Waals surface area contributed by atoms with Gasteiger partial charge in [-0.2, -0.15) is 5.10 Å². The third-order valence-corrected chi connectivity index (χ3v) is 3.18. The van der Waals surface area contributed by atoms with Crippen molar-refractivity contribution in [2.24, 2.45) is 0 Å². The van der Waals surface area contributed by atoms with Gasteiger partial charge < -0.3 is 5.32 Å². The summed E-state index contributed by atoms with van der Waals surface area (Å²) < 4.78 is 0. The molecule has 1 amide bonds. The van der Waals surface area contributed by atoms with Gasteiger partial charge in [-0.05, 0) is 43.5 Å². The van der Waals surface area contributed by atoms with Crippen LogP contribution in [0.25, 0.3) is 0 Å². The second-order valence-electron chi connectivity index (χ2n) is 4.87. The second-order valence-corrected chi connectivity index (χ2v) is 4.87. The Morgan fingerprint density at radius 2 is 1.85 bits per heavy atom. The lowest BCUT2D eigenvalue weighted by Crippen LogP contribution is -2.26. The van der Waals surface area contributed by atoms with E-state index in [1.807, 2.05) is 20.8 Å². The van der Waals surface area contributed by atoms with E-state index in [1.54, 1.807) is 0 Å². The van der Waals surface area contributed by atoms with Crippen molar-refractivity contribution >= 4 is 5.91 Å². The normalized spacial score (nSPS) is 10.3. The van der Waals surface area contributed by atoms with E-state index >= 15 is 0 Å². The molecule has 0 spiro atoms. The van der Waals surface area contributed by atoms with Gasteiger partial charge in [-0.3, -0.25) is 9.59 Å². The molecule has 0 radical (unpaired) electrons. The summed E-state index contributed by atoms with van der Waals surface area (Å²) in [6, 6.07) is 6.87. The summed E-state index contributed by atoms with van der Waals surface area (Å²) in [5.41, 5.74) is 4.49. The summed E-state index contributed by atoms with van der Waals surface area (Å²) in [6.07, 6.45) is 0. The summed E-state index contributed by atoms with van der Waals surface area (Å²) in [5.74, 6) is -0.305. The fourth-order valence-electron chi connectivity index (χ4n) is 2.22. The SMILES string of the molecule is Cc1cc(C)c(CNC(=O)c2ccc(=O)[nH]n2)c(C)c1. The van der Waals surface area contributed by atoms with E-state index in [-0.39, 0.29) is 17.2 Å². The lowest BCUT2D eigenvalue weighted by molar-refractivity contribution is 0.0944. The van der Waals surface area contributed by atoms with Gasteiger partial charge in [0.15, 0.2) is 0 Å². The lowest BCUT2D eigenvalue weighted by Gasteiger charge is -2.12. The number of aromatic amines is 1. The Bertz CT molecular complexity index is 661. The number of carbonyl (C=O) groups is 1. The Hall–Kier alpha value is -2.43. The van der Waals surface area contributed by atoms with E-state index < -0.39 is 0 Å². The third-order valence-electron chi connectivity index (χ3n) is 3.18. The van der Waals surface area contributed by atoms with Gasteiger partial charge in [0.1, 0.15) is 5.69 Å². The van der Waals surface area contributed by atoms with E-state index in [0.717, 1.165) is 16.7 Å². The first-order valence-corrected chi connectivity index (χ1v) is 6.38. The highest BCUT2D eigenvalue weighted by atomic mass is 16.2. The van der Waals surface area contributed by atoms with Crippen molar-refractivity contribution in [1.29, 1.82) is 0 Å². The lowest BCUT2D eigenvalue weighted by atomic mass is 10.00. The van der Waals surface area contributed by atoms with E-state index in [1.165, 1.54) is 17.7 Å². The van der Waals surface area contributed by atoms with Gasteiger partial charge in [0.05, 0.1) is 0 Å². The number of amides is 1. The van der Waals surface area contributed by atoms with Crippen molar-refractivity contribution < 1.29 is 4.79 Å². The minimum atomic E-state index is -0.327. The number of carbonyl (C=O) groups excluding carboxylic acids is 1. The molecule has 5 heteroatoms. The monoisotopic (exact) mass is 271 g/mol. The van der Waals surface area contributed by atoms with Crippen LogP contribution in [-0.4, -0.2) is 16.1 Å². The summed E-state index contributed by atoms with van der Waals surface area (Å²) in [7, 11) is 0. The molecule has 0 unspecified atom stereocenters. The summed E-state index contributed by atoms with van der Waals surface area (Å²) >= 11 is 0. The molecule has 1 aromatic carbocycles. The molecule has 20 heavy (non-hydrogen) atoms. The number of aryl methyl sites for hydroxylation is 3. The zero-order chi connectivity index (χ0) is 14.7. The molecule has 0 saturated heterocycles. The number of hydrogen-bond donors (Lipinski definition) is 2. The Balaban J connectivity index is 2.11. The van der Waals surface area contributed by atoms with Gasteiger partial charge >= 0.3 is 0 Å². The standard InChI is InChI=1S/C15H17N3O2/c1-9-6-10(2)12(11(3)7-9)8-16-15(20)13-4-5-14(19)18-17-13/h4-7H,8H2,1-3H3,(H,16,20)(H,18,19). The van der Waals surface area contributed by atoms with Crippen molar-refractivity contribution in [3.63, 3.8) is 0 Å². The van der Waals surface area contributed by atoms with Crippen LogP contribution in [0, 0.1) is 20.8 Å². The van der Waals surface area contributed by atoms with Crippen LogP contribution in [-0.2, 0) is 6.54 Å². The minimum Gasteiger partial charge on any atom is -0.347 e. The van der Waals surface area contributed by atoms with Crippen LogP contribution in [0.3, 0.4) is 0 Å². The van der Waals surface area contributed by atoms with Crippen molar-refractivity contribution in [1.82, 2.24) is 15.5 Å². The van der Waals surface area contributed by atoms with Gasteiger partial charge in [0.2, 0.25) is 0 Å². The van der Waals surface area contributed by atoms with Crippen LogP contribution in [0.4, 0.5) is 0 Å². The summed E-state index contributed by atoms with van der Waals surface area (Å²) in [4.78, 5) is 22.8. The van der Waals surface area contributed by atoms with Gasteiger partial charge in [-0.1, -0.05) is 17.7 Å². The smallest absolute Gasteiger partial charge is 0.271 e. The highest BCUT2D eigenvalue weighted by Gasteiger charge is 2.09. The maximum absolute atomic E-state index is 11.9. The number of hydrogen-bond acceptors (Lipinski definition) is 3. The molecule has 0 aliphatic heterocycles. The van der Waals surface area contributed by atoms with Crippen LogP contribution in [0.5, 0.6) is 0 Å². The van der Waals surface area contributed by atoms with Gasteiger partial charge in [-0.15, -0.1) is 0 Å². The summed E-state index contributed by atoms with van der Waals surface area (Å²) in [6.45, 7) is 6.55. The van der Waals surface area contributed by atoms with Gasteiger partial charge in [0, 0.05) is 12.6 Å². The average Bonchev–Trinajstić information content (AvgIpc) is 2.38. The second kappa shape index (κ2) is 5.69. The number of aromatic nitrogens is 2. The summed E-state index contributed by atoms with van der Waals surface area (Å²) in [5, 5.41) is 8.76. The van der Waals surface area contributed by atoms with Crippen LogP contribution in [0.1, 0.15) is 32.7 Å². The first-order valence-electron chi connectivity index (χ1n) is 6.38. The maximum atomic E-state index is 11.9. The molecule has 2 N–H and O–H groups in total. The molecule has 0 aliphatic carbocycles. The number of benzene rings is 1. The van der Waals surface area contributed by atoms with Crippen LogP contribution >= 0.6 is 0 Å². The molecular weight excluding hydrogens is 254 g/mol. The highest BCUT2D eigenvalue weighted by molar-refractivity contribution is 5.91. The maximum Gasteiger partial charge on any atom is 0.271 e. The minimum absolute atomic E-state index is 0.201. The van der Waals surface area contributed by atoms with Crippen molar-refractivity contribution in [3.8, 4) is 0 Å². The largest absolute Gasteiger partial charge is 0.347 e. The highest BCUT2D eigenvalue weighted by Crippen LogP contribution is 2.16. The molecule has 0 aliphatic rings. The molecule has 1 aromatic heterocycles. The molecule has 5 nitrogen and oxygen atoms in total. The first-order chi connectivity index (χ1) is 9.47. The molecule has 0 bridgehead atoms. The van der Waals surface area contributed by atoms with Gasteiger partial charge in [0.25, 0.3) is 11.5 Å². The zero-order valence-electron chi connectivity index (χ0n) is 11.8. The van der Waals surface area contributed by atoms with E-state index in [0.29, 0.717) is 6.54 Å². The number of nitrogens with one attached hydrogen (secondary N) is 2. The number of H-pyrrole nitrogens is 1. The molecule has 104 valence electrons. The van der Waals surface area contributed by atoms with Crippen molar-refractivity contribution in [2.75, 3.05) is 0 Å². The fourth-order valence-corrected chi connectivity index (χ4v) is 2.22. The Morgan fingerprint density at radius 1 is 1.20 bits per heavy atom. The van der Waals surface area contributed by atoms with Gasteiger partial charge in [-0.25, -0.2) is 5.10 Å². The fraction of sp³-hybridized carbons (Fsp3) is 0.267. The average molecular weight is 271 g/mol. The van der Waals surface area contributed by atoms with Crippen LogP contribution < -0.4 is 10.9 Å². The predicted molar refractivity (Wildman–Crippen MR) is 76.7 cm³/mol. The molecule has 1 heterocycles. The Morgan fingerprint density at radius 3 is 2.40 bits per heavy atom. The first kappa shape index (κ1) is 14.0. The Labute approximate surface area is 117 Å². The molecule has 0 atom stereocenters. The van der Waals surface area contributed by atoms with E-state index in [4.69, 9.17) is 0 Å². The predicted octanol–water partition coefficient (Wildman–Crippen LogP) is 1.63. The molecule has 0 saturated carbocycles. The third kappa shape index (κ3) is 3.12.